The molecular formula is C7H9N3O2. The van der Waals surface area contributed by atoms with Crippen molar-refractivity contribution in [1.82, 2.24) is 4.73 Å². The second-order valence-corrected chi connectivity index (χ2v) is 2.44. The molecule has 2 heterocycles. The van der Waals surface area contributed by atoms with E-state index in [-0.39, 0.29) is 0 Å². The summed E-state index contributed by atoms with van der Waals surface area (Å²) in [6.07, 6.45) is 0. The monoisotopic (exact) mass is 167 g/mol. The molecule has 0 amide bonds. The Morgan fingerprint density at radius 2 is 2.17 bits per heavy atom. The smallest absolute Gasteiger partial charge is 0.193 e. The summed E-state index contributed by atoms with van der Waals surface area (Å²) in [5.41, 5.74) is 12.4. The lowest BCUT2D eigenvalue weighted by atomic mass is 10.5. The van der Waals surface area contributed by atoms with Crippen LogP contribution in [-0.2, 0) is 0 Å². The molecule has 0 saturated carbocycles. The molecule has 5 heteroatoms. The molecule has 0 aliphatic rings. The third kappa shape index (κ3) is 0.730. The van der Waals surface area contributed by atoms with Gasteiger partial charge in [-0.3, -0.25) is 0 Å². The Balaban J connectivity index is 2.78. The Kier molecular flexibility index (Phi) is 1.21. The van der Waals surface area contributed by atoms with E-state index in [2.05, 4.69) is 0 Å². The summed E-state index contributed by atoms with van der Waals surface area (Å²) in [5, 5.41) is 0. The van der Waals surface area contributed by atoms with Crippen molar-refractivity contribution in [3.05, 3.63) is 12.1 Å². The molecule has 0 atom stereocenters. The fraction of sp³-hybridized carbons (Fsp3) is 0.143. The lowest BCUT2D eigenvalue weighted by molar-refractivity contribution is 0.184. The molecule has 0 radical (unpaired) electrons. The maximum atomic E-state index is 5.60. The van der Waals surface area contributed by atoms with E-state index in [9.17, 15) is 0 Å². The van der Waals surface area contributed by atoms with E-state index in [1.807, 2.05) is 0 Å². The van der Waals surface area contributed by atoms with E-state index < -0.39 is 0 Å². The number of nitrogens with zero attached hydrogens (tertiary/aromatic N) is 1. The molecule has 0 fully saturated rings. The van der Waals surface area contributed by atoms with Gasteiger partial charge in [0.1, 0.15) is 18.4 Å². The van der Waals surface area contributed by atoms with Crippen LogP contribution in [0, 0.1) is 0 Å². The number of hydrogen-bond acceptors (Lipinski definition) is 4. The summed E-state index contributed by atoms with van der Waals surface area (Å²) in [4.78, 5) is 4.99. The topological polar surface area (TPSA) is 79.3 Å². The first kappa shape index (κ1) is 6.90. The number of rotatable bonds is 1. The van der Waals surface area contributed by atoms with Crippen LogP contribution in [-0.4, -0.2) is 11.8 Å². The van der Waals surface area contributed by atoms with Gasteiger partial charge < -0.3 is 20.7 Å². The molecule has 0 unspecified atom stereocenters. The summed E-state index contributed by atoms with van der Waals surface area (Å²) in [7, 11) is 1.53. The molecule has 2 aromatic heterocycles. The van der Waals surface area contributed by atoms with Gasteiger partial charge >= 0.3 is 0 Å². The van der Waals surface area contributed by atoms with E-state index >= 15 is 0 Å². The predicted octanol–water partition coefficient (Wildman–Crippen LogP) is 0.457. The number of anilines is 2. The minimum atomic E-state index is 0.353. The highest BCUT2D eigenvalue weighted by Gasteiger charge is 2.10. The molecule has 0 aliphatic carbocycles. The van der Waals surface area contributed by atoms with Gasteiger partial charge in [-0.05, 0) is 0 Å². The van der Waals surface area contributed by atoms with Gasteiger partial charge in [0, 0.05) is 12.1 Å². The predicted molar refractivity (Wildman–Crippen MR) is 45.5 cm³/mol. The minimum Gasteiger partial charge on any atom is -0.439 e. The molecule has 4 N–H and O–H groups in total. The van der Waals surface area contributed by atoms with Crippen LogP contribution in [0.5, 0.6) is 0 Å². The van der Waals surface area contributed by atoms with E-state index in [4.69, 9.17) is 20.7 Å². The average Bonchev–Trinajstić information content (AvgIpc) is 2.43. The maximum absolute atomic E-state index is 5.60. The van der Waals surface area contributed by atoms with Gasteiger partial charge in [0.2, 0.25) is 0 Å². The van der Waals surface area contributed by atoms with Crippen LogP contribution < -0.4 is 16.3 Å². The second-order valence-electron chi connectivity index (χ2n) is 2.44. The molecule has 64 valence electrons. The number of nitrogen functional groups attached to an aromatic ring is 2. The van der Waals surface area contributed by atoms with Crippen LogP contribution in [0.15, 0.2) is 16.5 Å². The molecule has 2 rings (SSSR count). The van der Waals surface area contributed by atoms with E-state index in [0.29, 0.717) is 17.3 Å². The first-order chi connectivity index (χ1) is 5.72. The fourth-order valence-electron chi connectivity index (χ4n) is 1.21. The molecule has 2 aromatic rings. The normalized spacial score (nSPS) is 10.8. The minimum absolute atomic E-state index is 0.353. The summed E-state index contributed by atoms with van der Waals surface area (Å²) in [6.45, 7) is 0. The van der Waals surface area contributed by atoms with Crippen LogP contribution in [0.2, 0.25) is 0 Å². The van der Waals surface area contributed by atoms with Crippen molar-refractivity contribution >= 4 is 22.8 Å². The Labute approximate surface area is 68.4 Å². The number of fused-ring (bicyclic) bond motifs is 1. The number of furan rings is 1. The van der Waals surface area contributed by atoms with Crippen LogP contribution in [0.1, 0.15) is 0 Å². The lowest BCUT2D eigenvalue weighted by Crippen LogP contribution is -2.08. The highest BCUT2D eigenvalue weighted by Crippen LogP contribution is 2.24. The Morgan fingerprint density at radius 1 is 1.42 bits per heavy atom. The first-order valence-corrected chi connectivity index (χ1v) is 3.43. The SMILES string of the molecule is COn1c(N)cc2oc(N)cc21. The van der Waals surface area contributed by atoms with Crippen molar-refractivity contribution in [3.8, 4) is 0 Å². The maximum Gasteiger partial charge on any atom is 0.193 e. The summed E-state index contributed by atoms with van der Waals surface area (Å²) >= 11 is 0. The largest absolute Gasteiger partial charge is 0.439 e. The van der Waals surface area contributed by atoms with E-state index in [1.54, 1.807) is 12.1 Å². The van der Waals surface area contributed by atoms with Crippen molar-refractivity contribution < 1.29 is 9.25 Å². The van der Waals surface area contributed by atoms with Crippen molar-refractivity contribution in [3.63, 3.8) is 0 Å². The first-order valence-electron chi connectivity index (χ1n) is 3.43. The molecule has 12 heavy (non-hydrogen) atoms. The standard InChI is InChI=1S/C7H9N3O2/c1-11-10-4-2-7(9)12-5(4)3-6(10)8/h2-3H,8-9H2,1H3. The molecule has 0 saturated heterocycles. The number of nitrogens with two attached hydrogens (primary N) is 2. The summed E-state index contributed by atoms with van der Waals surface area (Å²) in [5.74, 6) is 0.844. The van der Waals surface area contributed by atoms with Gasteiger partial charge in [0.25, 0.3) is 0 Å². The molecule has 5 nitrogen and oxygen atoms in total. The third-order valence-electron chi connectivity index (χ3n) is 1.67. The zero-order valence-corrected chi connectivity index (χ0v) is 6.57. The lowest BCUT2D eigenvalue weighted by Gasteiger charge is -2.01. The van der Waals surface area contributed by atoms with Gasteiger partial charge in [0.15, 0.2) is 11.5 Å². The zero-order chi connectivity index (χ0) is 8.72. The molecule has 0 aliphatic heterocycles. The molecular weight excluding hydrogens is 158 g/mol. The number of hydrogen-bond donors (Lipinski definition) is 2. The summed E-state index contributed by atoms with van der Waals surface area (Å²) in [6, 6.07) is 3.32. The van der Waals surface area contributed by atoms with Gasteiger partial charge in [0.05, 0.1) is 0 Å². The van der Waals surface area contributed by atoms with Gasteiger partial charge in [-0.15, -0.1) is 0 Å². The molecule has 0 spiro atoms. The quantitative estimate of drug-likeness (QED) is 0.646. The van der Waals surface area contributed by atoms with Crippen molar-refractivity contribution in [2.24, 2.45) is 0 Å². The van der Waals surface area contributed by atoms with Crippen LogP contribution in [0.25, 0.3) is 11.1 Å². The second kappa shape index (κ2) is 2.10. The van der Waals surface area contributed by atoms with Gasteiger partial charge in [-0.2, -0.15) is 4.73 Å². The highest BCUT2D eigenvalue weighted by molar-refractivity contribution is 5.81. The molecule has 0 bridgehead atoms. The van der Waals surface area contributed by atoms with Crippen LogP contribution >= 0.6 is 0 Å². The number of aromatic nitrogens is 1. The van der Waals surface area contributed by atoms with E-state index in [1.165, 1.54) is 11.8 Å². The van der Waals surface area contributed by atoms with Gasteiger partial charge in [-0.1, -0.05) is 0 Å². The van der Waals surface area contributed by atoms with Crippen molar-refractivity contribution in [1.29, 1.82) is 0 Å². The highest BCUT2D eigenvalue weighted by atomic mass is 16.6. The van der Waals surface area contributed by atoms with Crippen LogP contribution in [0.3, 0.4) is 0 Å². The van der Waals surface area contributed by atoms with Crippen molar-refractivity contribution in [2.45, 2.75) is 0 Å². The summed E-state index contributed by atoms with van der Waals surface area (Å²) < 4.78 is 6.58. The Morgan fingerprint density at radius 3 is 2.83 bits per heavy atom. The van der Waals surface area contributed by atoms with Crippen molar-refractivity contribution in [2.75, 3.05) is 18.6 Å². The Hall–Kier alpha value is -1.78. The third-order valence-corrected chi connectivity index (χ3v) is 1.67. The van der Waals surface area contributed by atoms with E-state index in [0.717, 1.165) is 5.52 Å². The zero-order valence-electron chi connectivity index (χ0n) is 6.57. The Bertz CT molecular complexity index is 415. The average molecular weight is 167 g/mol. The fourth-order valence-corrected chi connectivity index (χ4v) is 1.21. The van der Waals surface area contributed by atoms with Gasteiger partial charge in [-0.25, -0.2) is 0 Å². The molecule has 0 aromatic carbocycles. The van der Waals surface area contributed by atoms with Crippen LogP contribution in [0.4, 0.5) is 11.7 Å².